The molecule has 26 heavy (non-hydrogen) atoms. The van der Waals surface area contributed by atoms with Crippen LogP contribution in [0.25, 0.3) is 0 Å². The van der Waals surface area contributed by atoms with Gasteiger partial charge in [0.2, 0.25) is 0 Å². The van der Waals surface area contributed by atoms with Crippen molar-refractivity contribution in [3.8, 4) is 5.40 Å². The Balaban J connectivity index is 1.75. The number of carbonyl (C=O) groups is 3. The Bertz CT molecular complexity index is 841. The third kappa shape index (κ3) is 6.02. The first-order chi connectivity index (χ1) is 12.5. The molecule has 0 aliphatic heterocycles. The third-order valence-corrected chi connectivity index (χ3v) is 4.84. The first kappa shape index (κ1) is 19.7. The number of benzene rings is 1. The van der Waals surface area contributed by atoms with Gasteiger partial charge >= 0.3 is 5.97 Å². The van der Waals surface area contributed by atoms with E-state index in [-0.39, 0.29) is 18.6 Å². The van der Waals surface area contributed by atoms with Crippen molar-refractivity contribution < 1.29 is 19.1 Å². The number of thiocyanates is 1. The minimum Gasteiger partial charge on any atom is -0.456 e. The number of amides is 1. The smallest absolute Gasteiger partial charge is 0.306 e. The lowest BCUT2D eigenvalue weighted by molar-refractivity contribution is -0.147. The van der Waals surface area contributed by atoms with Crippen molar-refractivity contribution in [1.29, 1.82) is 5.26 Å². The number of ketones is 1. The van der Waals surface area contributed by atoms with E-state index in [0.717, 1.165) is 22.2 Å². The molecule has 0 bridgehead atoms. The summed E-state index contributed by atoms with van der Waals surface area (Å²) in [5, 5.41) is 15.1. The molecule has 2 rings (SSSR count). The second kappa shape index (κ2) is 9.75. The van der Waals surface area contributed by atoms with Gasteiger partial charge in [-0.1, -0.05) is 6.07 Å². The average molecular weight is 388 g/mol. The van der Waals surface area contributed by atoms with Crippen LogP contribution >= 0.6 is 23.1 Å². The molecular formula is C18H16N2O4S2. The number of anilines is 1. The summed E-state index contributed by atoms with van der Waals surface area (Å²) in [6.07, 6.45) is -0.0127. The van der Waals surface area contributed by atoms with Gasteiger partial charge in [-0.25, -0.2) is 0 Å². The quantitative estimate of drug-likeness (QED) is 0.320. The summed E-state index contributed by atoms with van der Waals surface area (Å²) in [6.45, 7) is 1.39. The highest BCUT2D eigenvalue weighted by atomic mass is 32.2. The zero-order chi connectivity index (χ0) is 18.9. The van der Waals surface area contributed by atoms with Crippen molar-refractivity contribution in [2.45, 2.75) is 24.7 Å². The van der Waals surface area contributed by atoms with Crippen LogP contribution in [0.1, 0.15) is 28.1 Å². The zero-order valence-electron chi connectivity index (χ0n) is 14.0. The molecule has 1 aromatic heterocycles. The molecule has 1 heterocycles. The number of carbonyl (C=O) groups excluding carboxylic acids is 3. The van der Waals surface area contributed by atoms with Crippen molar-refractivity contribution in [2.24, 2.45) is 0 Å². The highest BCUT2D eigenvalue weighted by Gasteiger charge is 2.13. The minimum atomic E-state index is -0.595. The van der Waals surface area contributed by atoms with Gasteiger partial charge in [0.1, 0.15) is 5.40 Å². The highest BCUT2D eigenvalue weighted by molar-refractivity contribution is 8.03. The van der Waals surface area contributed by atoms with Crippen molar-refractivity contribution in [3.63, 3.8) is 0 Å². The van der Waals surface area contributed by atoms with Gasteiger partial charge in [0.15, 0.2) is 12.4 Å². The number of nitrogens with one attached hydrogen (secondary N) is 1. The number of hydrogen-bond acceptors (Lipinski definition) is 7. The molecule has 1 amide bonds. The van der Waals surface area contributed by atoms with E-state index in [1.165, 1.54) is 11.3 Å². The summed E-state index contributed by atoms with van der Waals surface area (Å²) < 4.78 is 4.90. The van der Waals surface area contributed by atoms with Crippen LogP contribution in [0.3, 0.4) is 0 Å². The Kier molecular flexibility index (Phi) is 7.38. The summed E-state index contributed by atoms with van der Waals surface area (Å²) in [6, 6.07) is 8.67. The molecule has 8 heteroatoms. The molecule has 0 radical (unpaired) electrons. The highest BCUT2D eigenvalue weighted by Crippen LogP contribution is 2.23. The summed E-state index contributed by atoms with van der Waals surface area (Å²) in [4.78, 5) is 36.8. The molecule has 0 unspecified atom stereocenters. The van der Waals surface area contributed by atoms with E-state index in [1.807, 2.05) is 5.40 Å². The number of Topliss-reactive ketones (excluding diaryl/α,β-unsaturated/α-hetero) is 1. The molecule has 0 fully saturated rings. The molecule has 1 aromatic carbocycles. The molecule has 6 nitrogen and oxygen atoms in total. The topological polar surface area (TPSA) is 96.3 Å². The van der Waals surface area contributed by atoms with Gasteiger partial charge < -0.3 is 10.1 Å². The predicted octanol–water partition coefficient (Wildman–Crippen LogP) is 3.77. The predicted molar refractivity (Wildman–Crippen MR) is 100 cm³/mol. The number of nitrogens with zero attached hydrogens (tertiary/aromatic N) is 1. The van der Waals surface area contributed by atoms with E-state index in [0.29, 0.717) is 10.6 Å². The van der Waals surface area contributed by atoms with Crippen LogP contribution < -0.4 is 5.32 Å². The van der Waals surface area contributed by atoms with E-state index < -0.39 is 18.5 Å². The molecule has 0 atom stereocenters. The number of thiophene rings is 1. The van der Waals surface area contributed by atoms with Crippen LogP contribution in [0.4, 0.5) is 5.69 Å². The molecule has 1 N–H and O–H groups in total. The Morgan fingerprint density at radius 1 is 1.27 bits per heavy atom. The van der Waals surface area contributed by atoms with Crippen LogP contribution in [-0.2, 0) is 14.3 Å². The fourth-order valence-corrected chi connectivity index (χ4v) is 3.24. The molecular weight excluding hydrogens is 372 g/mol. The molecule has 0 aliphatic carbocycles. The van der Waals surface area contributed by atoms with Gasteiger partial charge in [0, 0.05) is 17.0 Å². The van der Waals surface area contributed by atoms with Gasteiger partial charge in [-0.05, 0) is 53.9 Å². The van der Waals surface area contributed by atoms with Crippen molar-refractivity contribution >= 4 is 46.4 Å². The SMILES string of the molecule is Cc1cc(SC#N)ccc1NC(=O)COC(=O)CCC(=O)c1cccs1. The normalized spacial score (nSPS) is 10.0. The number of ether oxygens (including phenoxy) is 1. The molecule has 0 saturated carbocycles. The van der Waals surface area contributed by atoms with Crippen LogP contribution in [0.5, 0.6) is 0 Å². The van der Waals surface area contributed by atoms with Gasteiger partial charge in [-0.15, -0.1) is 11.3 Å². The molecule has 134 valence electrons. The summed E-state index contributed by atoms with van der Waals surface area (Å²) in [7, 11) is 0. The lowest BCUT2D eigenvalue weighted by Gasteiger charge is -2.09. The molecule has 2 aromatic rings. The lowest BCUT2D eigenvalue weighted by Crippen LogP contribution is -2.21. The third-order valence-electron chi connectivity index (χ3n) is 3.35. The number of esters is 1. The van der Waals surface area contributed by atoms with Crippen LogP contribution in [0, 0.1) is 17.6 Å². The maximum atomic E-state index is 11.9. The minimum absolute atomic E-state index is 0.0537. The Labute approximate surface area is 159 Å². The summed E-state index contributed by atoms with van der Waals surface area (Å²) >= 11 is 2.36. The summed E-state index contributed by atoms with van der Waals surface area (Å²) in [5.41, 5.74) is 1.38. The van der Waals surface area contributed by atoms with Gasteiger partial charge in [0.25, 0.3) is 5.91 Å². The van der Waals surface area contributed by atoms with Crippen molar-refractivity contribution in [2.75, 3.05) is 11.9 Å². The van der Waals surface area contributed by atoms with Gasteiger partial charge in [-0.3, -0.25) is 14.4 Å². The van der Waals surface area contributed by atoms with Gasteiger partial charge in [0.05, 0.1) is 11.3 Å². The van der Waals surface area contributed by atoms with E-state index in [4.69, 9.17) is 10.00 Å². The van der Waals surface area contributed by atoms with E-state index in [9.17, 15) is 14.4 Å². The number of rotatable bonds is 8. The molecule has 0 aliphatic rings. The number of thioether (sulfide) groups is 1. The van der Waals surface area contributed by atoms with E-state index in [1.54, 1.807) is 42.6 Å². The van der Waals surface area contributed by atoms with Crippen LogP contribution in [0.15, 0.2) is 40.6 Å². The second-order valence-electron chi connectivity index (χ2n) is 5.28. The number of nitriles is 1. The maximum Gasteiger partial charge on any atom is 0.306 e. The number of hydrogen-bond donors (Lipinski definition) is 1. The fraction of sp³-hybridized carbons (Fsp3) is 0.222. The monoisotopic (exact) mass is 388 g/mol. The summed E-state index contributed by atoms with van der Waals surface area (Å²) in [5.74, 6) is -1.18. The van der Waals surface area contributed by atoms with Crippen LogP contribution in [-0.4, -0.2) is 24.3 Å². The second-order valence-corrected chi connectivity index (χ2v) is 7.09. The Hall–Kier alpha value is -2.63. The Morgan fingerprint density at radius 3 is 2.73 bits per heavy atom. The van der Waals surface area contributed by atoms with Crippen molar-refractivity contribution in [3.05, 3.63) is 46.2 Å². The zero-order valence-corrected chi connectivity index (χ0v) is 15.6. The average Bonchev–Trinajstić information content (AvgIpc) is 3.15. The molecule has 0 saturated heterocycles. The van der Waals surface area contributed by atoms with Crippen LogP contribution in [0.2, 0.25) is 0 Å². The van der Waals surface area contributed by atoms with Gasteiger partial charge in [-0.2, -0.15) is 5.26 Å². The maximum absolute atomic E-state index is 11.9. The number of aryl methyl sites for hydroxylation is 1. The largest absolute Gasteiger partial charge is 0.456 e. The first-order valence-corrected chi connectivity index (χ1v) is 9.38. The Morgan fingerprint density at radius 2 is 2.08 bits per heavy atom. The van der Waals surface area contributed by atoms with E-state index in [2.05, 4.69) is 5.32 Å². The van der Waals surface area contributed by atoms with Crippen molar-refractivity contribution in [1.82, 2.24) is 0 Å². The fourth-order valence-electron chi connectivity index (χ4n) is 2.07. The lowest BCUT2D eigenvalue weighted by atomic mass is 10.2. The molecule has 0 spiro atoms. The standard InChI is InChI=1S/C18H16N2O4S2/c1-12-9-13(26-11-19)4-5-14(12)20-17(22)10-24-18(23)7-6-15(21)16-3-2-8-25-16/h2-5,8-9H,6-7,10H2,1H3,(H,20,22). The van der Waals surface area contributed by atoms with E-state index >= 15 is 0 Å². The first-order valence-electron chi connectivity index (χ1n) is 7.68.